The molecule has 5 N–H and O–H groups in total. The average Bonchev–Trinajstić information content (AvgIpc) is 3.50. The molecular weight excluding hydrogens is 652 g/mol. The van der Waals surface area contributed by atoms with E-state index in [1.54, 1.807) is 0 Å². The Morgan fingerprint density at radius 1 is 1.06 bits per heavy atom. The van der Waals surface area contributed by atoms with E-state index in [1.165, 1.54) is 63.4 Å². The van der Waals surface area contributed by atoms with Crippen molar-refractivity contribution in [3.8, 4) is 5.75 Å². The zero-order valence-corrected chi connectivity index (χ0v) is 27.3. The average molecular weight is 688 g/mol. The van der Waals surface area contributed by atoms with Gasteiger partial charge in [-0.25, -0.2) is 22.0 Å². The number of nitrogens with two attached hydrogens (primary N) is 1. The van der Waals surface area contributed by atoms with Crippen molar-refractivity contribution in [3.63, 3.8) is 0 Å². The number of primary amides is 1. The number of hydrogen-bond acceptors (Lipinski definition) is 8. The molecule has 4 rings (SSSR count). The second-order valence-corrected chi connectivity index (χ2v) is 13.5. The highest BCUT2D eigenvalue weighted by atomic mass is 32.2. The number of carbonyl (C=O) groups excluding carboxylic acids is 3. The second kappa shape index (κ2) is 14.3. The quantitative estimate of drug-likeness (QED) is 0.233. The lowest BCUT2D eigenvalue weighted by molar-refractivity contribution is -0.143. The zero-order valence-electron chi connectivity index (χ0n) is 26.5. The van der Waals surface area contributed by atoms with Crippen molar-refractivity contribution in [2.75, 3.05) is 44.1 Å². The number of amides is 4. The van der Waals surface area contributed by atoms with Crippen LogP contribution in [0.15, 0.2) is 59.5 Å². The molecule has 16 heteroatoms. The van der Waals surface area contributed by atoms with Gasteiger partial charge in [-0.2, -0.15) is 0 Å². The van der Waals surface area contributed by atoms with Crippen molar-refractivity contribution in [2.24, 2.45) is 11.7 Å². The maximum atomic E-state index is 15.1. The fourth-order valence-electron chi connectivity index (χ4n) is 5.47. The van der Waals surface area contributed by atoms with Gasteiger partial charge in [-0.3, -0.25) is 14.4 Å². The minimum atomic E-state index is -4.00. The maximum absolute atomic E-state index is 15.1. The van der Waals surface area contributed by atoms with Crippen molar-refractivity contribution in [3.05, 3.63) is 82.9 Å². The van der Waals surface area contributed by atoms with Gasteiger partial charge in [-0.1, -0.05) is 13.0 Å². The number of halogens is 2. The number of nitrogens with one attached hydrogen (secondary N) is 2. The molecule has 256 valence electrons. The predicted octanol–water partition coefficient (Wildman–Crippen LogP) is 3.79. The number of carboxylic acids is 1. The predicted molar refractivity (Wildman–Crippen MR) is 171 cm³/mol. The first-order valence-corrected chi connectivity index (χ1v) is 16.3. The van der Waals surface area contributed by atoms with Gasteiger partial charge >= 0.3 is 12.0 Å². The number of methoxy groups -OCH3 is 1. The molecule has 1 heterocycles. The Labute approximate surface area is 275 Å². The van der Waals surface area contributed by atoms with Crippen LogP contribution < -0.4 is 21.1 Å². The van der Waals surface area contributed by atoms with Crippen LogP contribution in [0.4, 0.5) is 25.0 Å². The summed E-state index contributed by atoms with van der Waals surface area (Å²) in [4.78, 5) is 53.7. The number of sulfone groups is 1. The Bertz CT molecular complexity index is 1870. The third-order valence-electron chi connectivity index (χ3n) is 8.01. The third kappa shape index (κ3) is 7.33. The minimum Gasteiger partial charge on any atom is -0.494 e. The van der Waals surface area contributed by atoms with Crippen LogP contribution in [0.1, 0.15) is 46.9 Å². The van der Waals surface area contributed by atoms with Gasteiger partial charge in [0.25, 0.3) is 0 Å². The van der Waals surface area contributed by atoms with E-state index in [2.05, 4.69) is 10.6 Å². The van der Waals surface area contributed by atoms with E-state index in [1.807, 2.05) is 0 Å². The molecule has 0 bridgehead atoms. The Morgan fingerprint density at radius 2 is 1.75 bits per heavy atom. The number of carboxylic acid groups (broad SMARTS) is 1. The summed E-state index contributed by atoms with van der Waals surface area (Å²) in [7, 11) is 0.181. The highest BCUT2D eigenvalue weighted by Crippen LogP contribution is 2.43. The van der Waals surface area contributed by atoms with E-state index in [0.29, 0.717) is 0 Å². The summed E-state index contributed by atoms with van der Waals surface area (Å²) in [5, 5.41) is 15.6. The molecule has 4 amide bonds. The van der Waals surface area contributed by atoms with E-state index >= 15 is 4.39 Å². The SMILES string of the molecule is CCS(=O)(=O)c1ccc(NC(=O)N(C)C)cc1[C@H]1[C@@H](C(=O)O)CCN1C(=O)[C@H](Nc1cc(C(N)=O)ccc1F)c1ccc(F)c(OC)c1. The highest BCUT2D eigenvalue weighted by molar-refractivity contribution is 7.91. The van der Waals surface area contributed by atoms with Crippen LogP contribution in [0.25, 0.3) is 0 Å². The molecule has 13 nitrogen and oxygen atoms in total. The molecule has 1 saturated heterocycles. The first-order chi connectivity index (χ1) is 22.6. The molecule has 0 aliphatic carbocycles. The number of ether oxygens (including phenoxy) is 1. The van der Waals surface area contributed by atoms with E-state index in [9.17, 15) is 37.1 Å². The lowest BCUT2D eigenvalue weighted by Gasteiger charge is -2.33. The smallest absolute Gasteiger partial charge is 0.321 e. The van der Waals surface area contributed by atoms with Crippen LogP contribution in [0, 0.1) is 17.6 Å². The van der Waals surface area contributed by atoms with E-state index < -0.39 is 63.3 Å². The third-order valence-corrected chi connectivity index (χ3v) is 9.81. The van der Waals surface area contributed by atoms with E-state index in [4.69, 9.17) is 10.5 Å². The topological polar surface area (TPSA) is 188 Å². The molecule has 0 unspecified atom stereocenters. The van der Waals surface area contributed by atoms with Crippen molar-refractivity contribution in [2.45, 2.75) is 30.3 Å². The van der Waals surface area contributed by atoms with Crippen LogP contribution in [0.3, 0.4) is 0 Å². The molecule has 0 spiro atoms. The summed E-state index contributed by atoms with van der Waals surface area (Å²) >= 11 is 0. The van der Waals surface area contributed by atoms with Gasteiger partial charge in [-0.15, -0.1) is 0 Å². The van der Waals surface area contributed by atoms with Gasteiger partial charge in [0, 0.05) is 31.9 Å². The first-order valence-electron chi connectivity index (χ1n) is 14.7. The van der Waals surface area contributed by atoms with Gasteiger partial charge in [0.05, 0.1) is 35.4 Å². The number of rotatable bonds is 11. The summed E-state index contributed by atoms with van der Waals surface area (Å²) in [6.07, 6.45) is -0.0867. The number of carbonyl (C=O) groups is 4. The summed E-state index contributed by atoms with van der Waals surface area (Å²) in [6.45, 7) is 1.24. The molecule has 1 fully saturated rings. The van der Waals surface area contributed by atoms with Crippen molar-refractivity contribution in [1.82, 2.24) is 9.80 Å². The van der Waals surface area contributed by atoms with Crippen molar-refractivity contribution in [1.29, 1.82) is 0 Å². The summed E-state index contributed by atoms with van der Waals surface area (Å²) < 4.78 is 61.2. The summed E-state index contributed by atoms with van der Waals surface area (Å²) in [5.74, 6) is -6.54. The van der Waals surface area contributed by atoms with Crippen LogP contribution >= 0.6 is 0 Å². The minimum absolute atomic E-state index is 0.0519. The number of benzene rings is 3. The van der Waals surface area contributed by atoms with Crippen molar-refractivity contribution >= 4 is 45.0 Å². The van der Waals surface area contributed by atoms with Crippen LogP contribution in [0.5, 0.6) is 5.75 Å². The molecule has 0 saturated carbocycles. The number of nitrogens with zero attached hydrogens (tertiary/aromatic N) is 2. The number of aliphatic carboxylic acids is 1. The van der Waals surface area contributed by atoms with E-state index in [-0.39, 0.29) is 57.4 Å². The van der Waals surface area contributed by atoms with Gasteiger partial charge < -0.3 is 36.0 Å². The molecular formula is C32H35F2N5O8S. The zero-order chi connectivity index (χ0) is 35.5. The van der Waals surface area contributed by atoms with Crippen molar-refractivity contribution < 1.29 is 46.2 Å². The normalized spacial score (nSPS) is 16.6. The number of hydrogen-bond donors (Lipinski definition) is 4. The Hall–Kier alpha value is -5.25. The lowest BCUT2D eigenvalue weighted by Crippen LogP contribution is -2.40. The second-order valence-electron chi connectivity index (χ2n) is 11.2. The monoisotopic (exact) mass is 687 g/mol. The molecule has 3 aromatic carbocycles. The Balaban J connectivity index is 1.92. The fraction of sp³-hybridized carbons (Fsp3) is 0.312. The Morgan fingerprint density at radius 3 is 2.35 bits per heavy atom. The largest absolute Gasteiger partial charge is 0.494 e. The first kappa shape index (κ1) is 35.6. The number of anilines is 2. The molecule has 1 aliphatic heterocycles. The summed E-state index contributed by atoms with van der Waals surface area (Å²) in [5.41, 5.74) is 5.14. The molecule has 3 aromatic rings. The molecule has 1 aliphatic rings. The fourth-order valence-corrected chi connectivity index (χ4v) is 6.59. The van der Waals surface area contributed by atoms with Gasteiger partial charge in [-0.05, 0) is 66.1 Å². The molecule has 48 heavy (non-hydrogen) atoms. The highest BCUT2D eigenvalue weighted by Gasteiger charge is 2.46. The van der Waals surface area contributed by atoms with Crippen LogP contribution in [-0.2, 0) is 19.4 Å². The van der Waals surface area contributed by atoms with Gasteiger partial charge in [0.15, 0.2) is 21.4 Å². The summed E-state index contributed by atoms with van der Waals surface area (Å²) in [6, 6.07) is 7.11. The Kier molecular flexibility index (Phi) is 10.6. The maximum Gasteiger partial charge on any atom is 0.321 e. The number of likely N-dealkylation sites (tertiary alicyclic amines) is 1. The molecule has 0 radical (unpaired) electrons. The van der Waals surface area contributed by atoms with Crippen LogP contribution in [0.2, 0.25) is 0 Å². The standard InChI is InChI=1S/C32H35F2N5O8S/c1-5-48(45,46)26-11-8-19(36-32(44)38(2)3)16-21(26)28-20(31(42)43)12-13-39(28)30(41)27(17-6-10-23(34)25(15-17)47-4)37-24-14-18(29(35)40)7-9-22(24)33/h6-11,14-16,20,27-28,37H,5,12-13H2,1-4H3,(H2,35,40)(H,36,44)(H,42,43)/t20-,27+,28+/m0/s1. The van der Waals surface area contributed by atoms with Gasteiger partial charge in [0.1, 0.15) is 11.9 Å². The lowest BCUT2D eigenvalue weighted by atomic mass is 9.92. The number of urea groups is 1. The van der Waals surface area contributed by atoms with Crippen LogP contribution in [-0.4, -0.2) is 80.6 Å². The molecule has 0 aromatic heterocycles. The van der Waals surface area contributed by atoms with E-state index in [0.717, 1.165) is 29.2 Å². The molecule has 3 atom stereocenters. The van der Waals surface area contributed by atoms with Gasteiger partial charge in [0.2, 0.25) is 11.8 Å².